The van der Waals surface area contributed by atoms with Crippen LogP contribution in [0.2, 0.25) is 0 Å². The fraction of sp³-hybridized carbons (Fsp3) is 0.500. The van der Waals surface area contributed by atoms with Crippen molar-refractivity contribution in [2.75, 3.05) is 13.7 Å². The zero-order valence-corrected chi connectivity index (χ0v) is 12.1. The fourth-order valence-corrected chi connectivity index (χ4v) is 3.47. The predicted molar refractivity (Wildman–Crippen MR) is 73.3 cm³/mol. The Balaban J connectivity index is 2.40. The smallest absolute Gasteiger partial charge is 0.315 e. The Kier molecular flexibility index (Phi) is 3.48. The van der Waals surface area contributed by atoms with Crippen LogP contribution < -0.4 is 0 Å². The van der Waals surface area contributed by atoms with Crippen molar-refractivity contribution in [2.24, 2.45) is 5.92 Å². The summed E-state index contributed by atoms with van der Waals surface area (Å²) in [5.74, 6) is -0.377. The van der Waals surface area contributed by atoms with Crippen molar-refractivity contribution in [3.63, 3.8) is 0 Å². The third-order valence-corrected chi connectivity index (χ3v) is 4.90. The molecule has 0 aromatic carbocycles. The first kappa shape index (κ1) is 13.1. The number of thiophene rings is 1. The molecule has 0 saturated carbocycles. The van der Waals surface area contributed by atoms with E-state index in [1.165, 1.54) is 4.88 Å². The first-order valence-electron chi connectivity index (χ1n) is 6.14. The Hall–Kier alpha value is -1.29. The van der Waals surface area contributed by atoms with Gasteiger partial charge in [0.25, 0.3) is 0 Å². The van der Waals surface area contributed by atoms with Gasteiger partial charge in [-0.2, -0.15) is 0 Å². The highest BCUT2D eigenvalue weighted by Gasteiger charge is 2.48. The molecule has 2 atom stereocenters. The number of ether oxygens (including phenoxy) is 1. The highest BCUT2D eigenvalue weighted by molar-refractivity contribution is 7.10. The standard InChI is InChI=1S/C14H19NO2S/c1-5-17-13(16)11-9-10(2)15(4)14(11,3)12-7-6-8-18-12/h6-9,11H,5H2,1-4H3/t11-,14+/m0/s1. The fourth-order valence-electron chi connectivity index (χ4n) is 2.50. The molecule has 0 aliphatic carbocycles. The highest BCUT2D eigenvalue weighted by Crippen LogP contribution is 2.45. The van der Waals surface area contributed by atoms with Gasteiger partial charge in [0, 0.05) is 17.6 Å². The number of carbonyl (C=O) groups excluding carboxylic acids is 1. The molecule has 1 aromatic rings. The van der Waals surface area contributed by atoms with Crippen LogP contribution in [0.3, 0.4) is 0 Å². The van der Waals surface area contributed by atoms with E-state index in [1.807, 2.05) is 38.4 Å². The van der Waals surface area contributed by atoms with E-state index in [9.17, 15) is 4.79 Å². The molecule has 0 saturated heterocycles. The maximum Gasteiger partial charge on any atom is 0.315 e. The van der Waals surface area contributed by atoms with Gasteiger partial charge < -0.3 is 9.64 Å². The van der Waals surface area contributed by atoms with Crippen molar-refractivity contribution >= 4 is 17.3 Å². The van der Waals surface area contributed by atoms with Crippen LogP contribution in [0.15, 0.2) is 29.3 Å². The van der Waals surface area contributed by atoms with Gasteiger partial charge in [-0.05, 0) is 38.3 Å². The summed E-state index contributed by atoms with van der Waals surface area (Å²) >= 11 is 1.68. The summed E-state index contributed by atoms with van der Waals surface area (Å²) in [7, 11) is 2.03. The minimum atomic E-state index is -0.329. The molecule has 18 heavy (non-hydrogen) atoms. The van der Waals surface area contributed by atoms with E-state index >= 15 is 0 Å². The Morgan fingerprint density at radius 3 is 2.89 bits per heavy atom. The summed E-state index contributed by atoms with van der Waals surface area (Å²) in [6.45, 7) is 6.40. The lowest BCUT2D eigenvalue weighted by molar-refractivity contribution is -0.149. The molecule has 98 valence electrons. The molecule has 0 fully saturated rings. The molecule has 0 N–H and O–H groups in total. The molecule has 4 heteroatoms. The maximum atomic E-state index is 12.2. The first-order chi connectivity index (χ1) is 8.51. The Morgan fingerprint density at radius 1 is 1.61 bits per heavy atom. The van der Waals surface area contributed by atoms with E-state index in [4.69, 9.17) is 4.74 Å². The van der Waals surface area contributed by atoms with Gasteiger partial charge >= 0.3 is 5.97 Å². The summed E-state index contributed by atoms with van der Waals surface area (Å²) in [5, 5.41) is 2.05. The van der Waals surface area contributed by atoms with Gasteiger partial charge in [0.05, 0.1) is 12.1 Å². The molecule has 1 aromatic heterocycles. The molecular formula is C14H19NO2S. The molecular weight excluding hydrogens is 246 g/mol. The number of esters is 1. The van der Waals surface area contributed by atoms with Gasteiger partial charge in [-0.15, -0.1) is 11.3 Å². The quantitative estimate of drug-likeness (QED) is 0.787. The molecule has 1 aliphatic rings. The van der Waals surface area contributed by atoms with Gasteiger partial charge in [-0.25, -0.2) is 0 Å². The van der Waals surface area contributed by atoms with Crippen LogP contribution in [0.25, 0.3) is 0 Å². The van der Waals surface area contributed by atoms with E-state index in [-0.39, 0.29) is 17.4 Å². The molecule has 2 rings (SSSR count). The molecule has 0 unspecified atom stereocenters. The van der Waals surface area contributed by atoms with Gasteiger partial charge in [-0.3, -0.25) is 4.79 Å². The summed E-state index contributed by atoms with van der Waals surface area (Å²) in [6.07, 6.45) is 2.01. The second-order valence-electron chi connectivity index (χ2n) is 4.72. The topological polar surface area (TPSA) is 29.5 Å². The zero-order valence-electron chi connectivity index (χ0n) is 11.3. The number of carbonyl (C=O) groups is 1. The van der Waals surface area contributed by atoms with E-state index < -0.39 is 0 Å². The third kappa shape index (κ3) is 1.85. The minimum absolute atomic E-state index is 0.142. The monoisotopic (exact) mass is 265 g/mol. The molecule has 0 bridgehead atoms. The number of allylic oxidation sites excluding steroid dienone is 1. The van der Waals surface area contributed by atoms with Crippen molar-refractivity contribution in [1.82, 2.24) is 4.90 Å². The minimum Gasteiger partial charge on any atom is -0.465 e. The van der Waals surface area contributed by atoms with Crippen molar-refractivity contribution in [1.29, 1.82) is 0 Å². The average Bonchev–Trinajstić information content (AvgIpc) is 2.94. The molecule has 2 heterocycles. The molecule has 0 radical (unpaired) electrons. The van der Waals surface area contributed by atoms with E-state index in [1.54, 1.807) is 11.3 Å². The lowest BCUT2D eigenvalue weighted by atomic mass is 9.85. The maximum absolute atomic E-state index is 12.2. The summed E-state index contributed by atoms with van der Waals surface area (Å²) in [5.41, 5.74) is 0.786. The van der Waals surface area contributed by atoms with Crippen LogP contribution in [-0.4, -0.2) is 24.5 Å². The summed E-state index contributed by atoms with van der Waals surface area (Å²) in [6, 6.07) is 4.11. The molecule has 0 spiro atoms. The number of nitrogens with zero attached hydrogens (tertiary/aromatic N) is 1. The van der Waals surface area contributed by atoms with Gasteiger partial charge in [0.2, 0.25) is 0 Å². The van der Waals surface area contributed by atoms with Crippen LogP contribution >= 0.6 is 11.3 Å². The zero-order chi connectivity index (χ0) is 13.3. The normalized spacial score (nSPS) is 27.2. The van der Waals surface area contributed by atoms with Crippen LogP contribution in [0, 0.1) is 5.92 Å². The van der Waals surface area contributed by atoms with Crippen LogP contribution in [0.4, 0.5) is 0 Å². The van der Waals surface area contributed by atoms with Crippen molar-refractivity contribution < 1.29 is 9.53 Å². The average molecular weight is 265 g/mol. The Labute approximate surface area is 112 Å². The lowest BCUT2D eigenvalue weighted by Gasteiger charge is -2.38. The van der Waals surface area contributed by atoms with Crippen LogP contribution in [0.5, 0.6) is 0 Å². The largest absolute Gasteiger partial charge is 0.465 e. The second-order valence-corrected chi connectivity index (χ2v) is 5.67. The SMILES string of the molecule is CCOC(=O)[C@@H]1C=C(C)N(C)[C@@]1(C)c1cccs1. The van der Waals surface area contributed by atoms with Crippen molar-refractivity contribution in [3.8, 4) is 0 Å². The van der Waals surface area contributed by atoms with Gasteiger partial charge in [0.15, 0.2) is 0 Å². The van der Waals surface area contributed by atoms with Gasteiger partial charge in [0.1, 0.15) is 5.92 Å². The Bertz CT molecular complexity index is 466. The third-order valence-electron chi connectivity index (χ3n) is 3.80. The molecule has 0 amide bonds. The number of rotatable bonds is 3. The summed E-state index contributed by atoms with van der Waals surface area (Å²) in [4.78, 5) is 15.5. The number of hydrogen-bond donors (Lipinski definition) is 0. The second kappa shape index (κ2) is 4.76. The highest BCUT2D eigenvalue weighted by atomic mass is 32.1. The van der Waals surface area contributed by atoms with E-state index in [0.29, 0.717) is 6.61 Å². The van der Waals surface area contributed by atoms with Gasteiger partial charge in [-0.1, -0.05) is 6.07 Å². The predicted octanol–water partition coefficient (Wildman–Crippen LogP) is 2.99. The van der Waals surface area contributed by atoms with E-state index in [2.05, 4.69) is 17.9 Å². The van der Waals surface area contributed by atoms with E-state index in [0.717, 1.165) is 5.70 Å². The summed E-state index contributed by atoms with van der Waals surface area (Å²) < 4.78 is 5.21. The van der Waals surface area contributed by atoms with Crippen LogP contribution in [0.1, 0.15) is 25.6 Å². The molecule has 1 aliphatic heterocycles. The van der Waals surface area contributed by atoms with Crippen molar-refractivity contribution in [2.45, 2.75) is 26.3 Å². The molecule has 3 nitrogen and oxygen atoms in total. The Morgan fingerprint density at radius 2 is 2.33 bits per heavy atom. The number of hydrogen-bond acceptors (Lipinski definition) is 4. The first-order valence-corrected chi connectivity index (χ1v) is 7.02. The lowest BCUT2D eigenvalue weighted by Crippen LogP contribution is -2.43. The van der Waals surface area contributed by atoms with Crippen molar-refractivity contribution in [3.05, 3.63) is 34.2 Å². The van der Waals surface area contributed by atoms with Crippen LogP contribution in [-0.2, 0) is 15.1 Å².